The van der Waals surface area contributed by atoms with Crippen LogP contribution in [0.1, 0.15) is 50.7 Å². The molecule has 1 fully saturated rings. The van der Waals surface area contributed by atoms with Crippen LogP contribution in [-0.4, -0.2) is 11.7 Å². The van der Waals surface area contributed by atoms with Crippen LogP contribution in [0.3, 0.4) is 0 Å². The highest BCUT2D eigenvalue weighted by molar-refractivity contribution is 5.28. The summed E-state index contributed by atoms with van der Waals surface area (Å²) in [5.74, 6) is 1.63. The molecule has 2 rings (SSSR count). The molecule has 0 spiro atoms. The molecule has 1 saturated carbocycles. The average molecular weight is 234 g/mol. The Hall–Kier alpha value is -1.02. The summed E-state index contributed by atoms with van der Waals surface area (Å²) in [5.41, 5.74) is 1.01. The molecule has 0 aromatic heterocycles. The van der Waals surface area contributed by atoms with Crippen LogP contribution in [0.2, 0.25) is 0 Å². The standard InChI is InChI=1S/C15H22O2/c1-2-10-17-14-8-6-13(7-9-14)15(16)11-12-4-3-5-12/h6-9,12,15-16H,2-5,10-11H2,1H3. The van der Waals surface area contributed by atoms with E-state index in [1.807, 2.05) is 24.3 Å². The van der Waals surface area contributed by atoms with Crippen molar-refractivity contribution in [2.45, 2.75) is 45.1 Å². The summed E-state index contributed by atoms with van der Waals surface area (Å²) in [7, 11) is 0. The normalized spacial score (nSPS) is 17.5. The lowest BCUT2D eigenvalue weighted by Crippen LogP contribution is -2.14. The predicted molar refractivity (Wildman–Crippen MR) is 69.1 cm³/mol. The van der Waals surface area contributed by atoms with Crippen molar-refractivity contribution >= 4 is 0 Å². The van der Waals surface area contributed by atoms with Crippen LogP contribution < -0.4 is 4.74 Å². The molecule has 0 heterocycles. The SMILES string of the molecule is CCCOc1ccc(C(O)CC2CCC2)cc1. The third kappa shape index (κ3) is 3.47. The topological polar surface area (TPSA) is 29.5 Å². The zero-order valence-electron chi connectivity index (χ0n) is 10.6. The van der Waals surface area contributed by atoms with Crippen LogP contribution in [0.4, 0.5) is 0 Å². The Kier molecular flexibility index (Phi) is 4.43. The summed E-state index contributed by atoms with van der Waals surface area (Å²) in [6.07, 6.45) is 5.53. The maximum atomic E-state index is 10.1. The number of benzene rings is 1. The fraction of sp³-hybridized carbons (Fsp3) is 0.600. The Morgan fingerprint density at radius 2 is 2.00 bits per heavy atom. The molecule has 17 heavy (non-hydrogen) atoms. The van der Waals surface area contributed by atoms with Crippen molar-refractivity contribution < 1.29 is 9.84 Å². The van der Waals surface area contributed by atoms with Crippen molar-refractivity contribution in [3.05, 3.63) is 29.8 Å². The molecule has 2 nitrogen and oxygen atoms in total. The van der Waals surface area contributed by atoms with Crippen molar-refractivity contribution in [2.75, 3.05) is 6.61 Å². The van der Waals surface area contributed by atoms with Crippen molar-refractivity contribution in [3.8, 4) is 5.75 Å². The lowest BCUT2D eigenvalue weighted by Gasteiger charge is -2.27. The van der Waals surface area contributed by atoms with Crippen molar-refractivity contribution in [1.82, 2.24) is 0 Å². The molecule has 0 amide bonds. The Balaban J connectivity index is 1.87. The van der Waals surface area contributed by atoms with Crippen LogP contribution in [0, 0.1) is 5.92 Å². The van der Waals surface area contributed by atoms with Gasteiger partial charge in [-0.2, -0.15) is 0 Å². The summed E-state index contributed by atoms with van der Waals surface area (Å²) in [6, 6.07) is 7.87. The van der Waals surface area contributed by atoms with Crippen LogP contribution in [-0.2, 0) is 0 Å². The van der Waals surface area contributed by atoms with Gasteiger partial charge in [-0.25, -0.2) is 0 Å². The lowest BCUT2D eigenvalue weighted by molar-refractivity contribution is 0.118. The van der Waals surface area contributed by atoms with Gasteiger partial charge in [0.1, 0.15) is 5.75 Å². The molecule has 1 N–H and O–H groups in total. The van der Waals surface area contributed by atoms with Crippen LogP contribution in [0.25, 0.3) is 0 Å². The van der Waals surface area contributed by atoms with E-state index in [1.165, 1.54) is 19.3 Å². The van der Waals surface area contributed by atoms with Gasteiger partial charge in [-0.1, -0.05) is 38.3 Å². The van der Waals surface area contributed by atoms with Crippen LogP contribution in [0.15, 0.2) is 24.3 Å². The van der Waals surface area contributed by atoms with Crippen molar-refractivity contribution in [1.29, 1.82) is 0 Å². The fourth-order valence-corrected chi connectivity index (χ4v) is 2.19. The minimum Gasteiger partial charge on any atom is -0.494 e. The first-order chi connectivity index (χ1) is 8.29. The van der Waals surface area contributed by atoms with E-state index < -0.39 is 0 Å². The van der Waals surface area contributed by atoms with Gasteiger partial charge in [-0.05, 0) is 36.5 Å². The van der Waals surface area contributed by atoms with E-state index in [0.717, 1.165) is 36.7 Å². The number of rotatable bonds is 6. The summed E-state index contributed by atoms with van der Waals surface area (Å²) in [4.78, 5) is 0. The zero-order chi connectivity index (χ0) is 12.1. The Labute approximate surface area is 104 Å². The van der Waals surface area contributed by atoms with E-state index in [1.54, 1.807) is 0 Å². The third-order valence-corrected chi connectivity index (χ3v) is 3.52. The smallest absolute Gasteiger partial charge is 0.119 e. The van der Waals surface area contributed by atoms with E-state index in [9.17, 15) is 5.11 Å². The molecule has 0 bridgehead atoms. The number of aliphatic hydroxyl groups excluding tert-OH is 1. The minimum absolute atomic E-state index is 0.305. The van der Waals surface area contributed by atoms with Gasteiger partial charge in [0.2, 0.25) is 0 Å². The van der Waals surface area contributed by atoms with Crippen molar-refractivity contribution in [2.24, 2.45) is 5.92 Å². The Morgan fingerprint density at radius 1 is 1.29 bits per heavy atom. The molecule has 0 saturated heterocycles. The number of hydrogen-bond donors (Lipinski definition) is 1. The lowest BCUT2D eigenvalue weighted by atomic mass is 9.80. The average Bonchev–Trinajstić information content (AvgIpc) is 2.31. The second kappa shape index (κ2) is 6.06. The quantitative estimate of drug-likeness (QED) is 0.813. The van der Waals surface area contributed by atoms with Crippen LogP contribution >= 0.6 is 0 Å². The summed E-state index contributed by atoms with van der Waals surface area (Å²) >= 11 is 0. The summed E-state index contributed by atoms with van der Waals surface area (Å²) < 4.78 is 5.52. The molecule has 0 radical (unpaired) electrons. The second-order valence-electron chi connectivity index (χ2n) is 4.97. The van der Waals surface area contributed by atoms with Gasteiger partial charge in [-0.3, -0.25) is 0 Å². The minimum atomic E-state index is -0.305. The first-order valence-electron chi connectivity index (χ1n) is 6.70. The van der Waals surface area contributed by atoms with E-state index in [-0.39, 0.29) is 6.10 Å². The Morgan fingerprint density at radius 3 is 2.53 bits per heavy atom. The molecule has 0 aliphatic heterocycles. The zero-order valence-corrected chi connectivity index (χ0v) is 10.6. The molecule has 1 aliphatic carbocycles. The molecule has 1 aromatic carbocycles. The highest BCUT2D eigenvalue weighted by atomic mass is 16.5. The monoisotopic (exact) mass is 234 g/mol. The summed E-state index contributed by atoms with van der Waals surface area (Å²) in [5, 5.41) is 10.1. The molecule has 2 heteroatoms. The number of hydrogen-bond acceptors (Lipinski definition) is 2. The van der Waals surface area contributed by atoms with Gasteiger partial charge in [-0.15, -0.1) is 0 Å². The molecular formula is C15H22O2. The molecular weight excluding hydrogens is 212 g/mol. The maximum absolute atomic E-state index is 10.1. The molecule has 1 aliphatic rings. The predicted octanol–water partition coefficient (Wildman–Crippen LogP) is 3.70. The van der Waals surface area contributed by atoms with Gasteiger partial charge >= 0.3 is 0 Å². The highest BCUT2D eigenvalue weighted by Gasteiger charge is 2.21. The maximum Gasteiger partial charge on any atom is 0.119 e. The van der Waals surface area contributed by atoms with Gasteiger partial charge in [0.05, 0.1) is 12.7 Å². The van der Waals surface area contributed by atoms with E-state index in [0.29, 0.717) is 0 Å². The van der Waals surface area contributed by atoms with E-state index in [4.69, 9.17) is 4.74 Å². The molecule has 1 atom stereocenters. The first kappa shape index (κ1) is 12.4. The third-order valence-electron chi connectivity index (χ3n) is 3.52. The van der Waals surface area contributed by atoms with Gasteiger partial charge < -0.3 is 9.84 Å². The Bertz CT molecular complexity index is 327. The fourth-order valence-electron chi connectivity index (χ4n) is 2.19. The highest BCUT2D eigenvalue weighted by Crippen LogP contribution is 2.34. The molecule has 1 unspecified atom stereocenters. The van der Waals surface area contributed by atoms with Crippen molar-refractivity contribution in [3.63, 3.8) is 0 Å². The second-order valence-corrected chi connectivity index (χ2v) is 4.97. The first-order valence-corrected chi connectivity index (χ1v) is 6.70. The number of aliphatic hydroxyl groups is 1. The molecule has 1 aromatic rings. The van der Waals surface area contributed by atoms with Gasteiger partial charge in [0.15, 0.2) is 0 Å². The van der Waals surface area contributed by atoms with Gasteiger partial charge in [0, 0.05) is 0 Å². The number of ether oxygens (including phenoxy) is 1. The summed E-state index contributed by atoms with van der Waals surface area (Å²) in [6.45, 7) is 2.85. The van der Waals surface area contributed by atoms with E-state index in [2.05, 4.69) is 6.92 Å². The molecule has 94 valence electrons. The van der Waals surface area contributed by atoms with E-state index >= 15 is 0 Å². The van der Waals surface area contributed by atoms with Crippen LogP contribution in [0.5, 0.6) is 5.75 Å². The largest absolute Gasteiger partial charge is 0.494 e. The van der Waals surface area contributed by atoms with Gasteiger partial charge in [0.25, 0.3) is 0 Å².